The second-order valence-corrected chi connectivity index (χ2v) is 6.34. The van der Waals surface area contributed by atoms with Crippen LogP contribution in [0.1, 0.15) is 17.2 Å². The Morgan fingerprint density at radius 1 is 1.15 bits per heavy atom. The lowest BCUT2D eigenvalue weighted by molar-refractivity contribution is 0.193. The Morgan fingerprint density at radius 3 is 2.45 bits per heavy atom. The minimum absolute atomic E-state index is 0.147. The minimum atomic E-state index is -1.20. The second kappa shape index (κ2) is 6.70. The Balaban J connectivity index is 2.11. The summed E-state index contributed by atoms with van der Waals surface area (Å²) in [6.45, 7) is 1.98. The average Bonchev–Trinajstić information content (AvgIpc) is 2.43. The van der Waals surface area contributed by atoms with Crippen LogP contribution in [0, 0.1) is 18.6 Å². The zero-order valence-electron chi connectivity index (χ0n) is 10.7. The molecule has 0 aromatic heterocycles. The van der Waals surface area contributed by atoms with Gasteiger partial charge in [-0.25, -0.2) is 8.78 Å². The third-order valence-corrected chi connectivity index (χ3v) is 4.54. The molecule has 0 aliphatic carbocycles. The fourth-order valence-electron chi connectivity index (χ4n) is 1.74. The van der Waals surface area contributed by atoms with Gasteiger partial charge in [-0.3, -0.25) is 0 Å². The number of hydrogen-bond acceptors (Lipinski definition) is 2. The predicted molar refractivity (Wildman–Crippen MR) is 80.9 cm³/mol. The number of aryl methyl sites for hydroxylation is 1. The van der Waals surface area contributed by atoms with E-state index in [4.69, 9.17) is 0 Å². The van der Waals surface area contributed by atoms with Crippen molar-refractivity contribution in [2.45, 2.75) is 17.9 Å². The van der Waals surface area contributed by atoms with Crippen molar-refractivity contribution >= 4 is 27.7 Å². The lowest BCUT2D eigenvalue weighted by Crippen LogP contribution is -2.07. The van der Waals surface area contributed by atoms with Crippen LogP contribution in [0.2, 0.25) is 0 Å². The Kier molecular flexibility index (Phi) is 5.18. The third kappa shape index (κ3) is 3.59. The molecule has 20 heavy (non-hydrogen) atoms. The highest BCUT2D eigenvalue weighted by atomic mass is 79.9. The van der Waals surface area contributed by atoms with Crippen LogP contribution in [0.4, 0.5) is 8.78 Å². The summed E-state index contributed by atoms with van der Waals surface area (Å²) >= 11 is 4.35. The molecule has 0 fully saturated rings. The van der Waals surface area contributed by atoms with Crippen molar-refractivity contribution in [2.75, 3.05) is 5.75 Å². The molecule has 0 spiro atoms. The van der Waals surface area contributed by atoms with Crippen molar-refractivity contribution in [3.05, 3.63) is 63.6 Å². The van der Waals surface area contributed by atoms with Gasteiger partial charge in [0.15, 0.2) is 0 Å². The van der Waals surface area contributed by atoms with Crippen molar-refractivity contribution in [2.24, 2.45) is 0 Å². The molecule has 2 aromatic carbocycles. The molecule has 106 valence electrons. The molecule has 2 aromatic rings. The molecule has 0 aliphatic rings. The van der Waals surface area contributed by atoms with E-state index < -0.39 is 17.7 Å². The van der Waals surface area contributed by atoms with Gasteiger partial charge in [0, 0.05) is 10.6 Å². The number of thioether (sulfide) groups is 1. The highest BCUT2D eigenvalue weighted by molar-refractivity contribution is 9.10. The molecule has 1 nitrogen and oxygen atoms in total. The van der Waals surface area contributed by atoms with E-state index in [0.717, 1.165) is 16.5 Å². The summed E-state index contributed by atoms with van der Waals surface area (Å²) in [5.41, 5.74) is 0.845. The number of benzene rings is 2. The average molecular weight is 359 g/mol. The van der Waals surface area contributed by atoms with Gasteiger partial charge >= 0.3 is 0 Å². The maximum atomic E-state index is 13.8. The van der Waals surface area contributed by atoms with E-state index in [2.05, 4.69) is 15.9 Å². The molecule has 2 rings (SSSR count). The van der Waals surface area contributed by atoms with Gasteiger partial charge in [-0.1, -0.05) is 17.7 Å². The number of rotatable bonds is 4. The van der Waals surface area contributed by atoms with Crippen molar-refractivity contribution in [3.8, 4) is 0 Å². The second-order valence-electron chi connectivity index (χ2n) is 4.40. The minimum Gasteiger partial charge on any atom is -0.387 e. The van der Waals surface area contributed by atoms with E-state index in [-0.39, 0.29) is 15.8 Å². The van der Waals surface area contributed by atoms with E-state index in [1.807, 2.05) is 31.2 Å². The Hall–Kier alpha value is -0.910. The smallest absolute Gasteiger partial charge is 0.146 e. The zero-order valence-corrected chi connectivity index (χ0v) is 13.1. The van der Waals surface area contributed by atoms with Gasteiger partial charge in [0.05, 0.1) is 16.1 Å². The van der Waals surface area contributed by atoms with Gasteiger partial charge in [0.2, 0.25) is 0 Å². The first kappa shape index (κ1) is 15.5. The van der Waals surface area contributed by atoms with Gasteiger partial charge in [0.1, 0.15) is 11.6 Å². The van der Waals surface area contributed by atoms with Crippen molar-refractivity contribution in [1.82, 2.24) is 0 Å². The fourth-order valence-corrected chi connectivity index (χ4v) is 2.93. The molecule has 0 heterocycles. The Morgan fingerprint density at radius 2 is 1.80 bits per heavy atom. The topological polar surface area (TPSA) is 20.2 Å². The van der Waals surface area contributed by atoms with Crippen molar-refractivity contribution in [3.63, 3.8) is 0 Å². The van der Waals surface area contributed by atoms with E-state index in [1.54, 1.807) is 0 Å². The maximum absolute atomic E-state index is 13.8. The van der Waals surface area contributed by atoms with Crippen LogP contribution in [0.3, 0.4) is 0 Å². The molecule has 0 aliphatic heterocycles. The summed E-state index contributed by atoms with van der Waals surface area (Å²) in [6, 6.07) is 10.2. The maximum Gasteiger partial charge on any atom is 0.146 e. The molecule has 1 atom stereocenters. The standard InChI is InChI=1S/C15H13BrF2OS/c1-9-2-4-10(5-3-9)20-8-13(19)14-12(17)7-6-11(16)15(14)18/h2-7,13,19H,8H2,1H3. The molecular formula is C15H13BrF2OS. The molecule has 5 heteroatoms. The first-order valence-corrected chi connectivity index (χ1v) is 7.78. The summed E-state index contributed by atoms with van der Waals surface area (Å²) in [6.07, 6.45) is -1.20. The van der Waals surface area contributed by atoms with Crippen LogP contribution in [0.5, 0.6) is 0 Å². The van der Waals surface area contributed by atoms with E-state index in [1.165, 1.54) is 17.8 Å². The SMILES string of the molecule is Cc1ccc(SCC(O)c2c(F)ccc(Br)c2F)cc1. The Bertz CT molecular complexity index is 602. The van der Waals surface area contributed by atoms with E-state index in [9.17, 15) is 13.9 Å². The molecule has 0 bridgehead atoms. The summed E-state index contributed by atoms with van der Waals surface area (Å²) in [4.78, 5) is 0.950. The molecule has 1 N–H and O–H groups in total. The summed E-state index contributed by atoms with van der Waals surface area (Å²) in [7, 11) is 0. The molecule has 0 saturated carbocycles. The molecular weight excluding hydrogens is 346 g/mol. The number of aliphatic hydroxyl groups excluding tert-OH is 1. The van der Waals surface area contributed by atoms with Crippen LogP contribution >= 0.6 is 27.7 Å². The molecule has 0 radical (unpaired) electrons. The predicted octanol–water partition coefficient (Wildman–Crippen LogP) is 4.86. The monoisotopic (exact) mass is 358 g/mol. The normalized spacial score (nSPS) is 12.4. The number of aliphatic hydroxyl groups is 1. The quantitative estimate of drug-likeness (QED) is 0.621. The van der Waals surface area contributed by atoms with Crippen LogP contribution < -0.4 is 0 Å². The summed E-state index contributed by atoms with van der Waals surface area (Å²) in [5, 5.41) is 10.0. The number of halogens is 3. The van der Waals surface area contributed by atoms with E-state index >= 15 is 0 Å². The molecule has 1 unspecified atom stereocenters. The third-order valence-electron chi connectivity index (χ3n) is 2.84. The van der Waals surface area contributed by atoms with E-state index in [0.29, 0.717) is 0 Å². The van der Waals surface area contributed by atoms with Crippen molar-refractivity contribution < 1.29 is 13.9 Å². The fraction of sp³-hybridized carbons (Fsp3) is 0.200. The van der Waals surface area contributed by atoms with Gasteiger partial charge in [-0.15, -0.1) is 11.8 Å². The zero-order chi connectivity index (χ0) is 14.7. The number of hydrogen-bond donors (Lipinski definition) is 1. The van der Waals surface area contributed by atoms with Crippen LogP contribution in [-0.2, 0) is 0 Å². The van der Waals surface area contributed by atoms with Gasteiger partial charge < -0.3 is 5.11 Å². The first-order chi connectivity index (χ1) is 9.49. The molecule has 0 saturated heterocycles. The largest absolute Gasteiger partial charge is 0.387 e. The summed E-state index contributed by atoms with van der Waals surface area (Å²) in [5.74, 6) is -1.29. The first-order valence-electron chi connectivity index (χ1n) is 6.00. The lowest BCUT2D eigenvalue weighted by Gasteiger charge is -2.13. The van der Waals surface area contributed by atoms with Gasteiger partial charge in [-0.05, 0) is 47.1 Å². The van der Waals surface area contributed by atoms with Crippen LogP contribution in [0.15, 0.2) is 45.8 Å². The van der Waals surface area contributed by atoms with Crippen LogP contribution in [0.25, 0.3) is 0 Å². The van der Waals surface area contributed by atoms with Gasteiger partial charge in [-0.2, -0.15) is 0 Å². The highest BCUT2D eigenvalue weighted by Crippen LogP contribution is 2.30. The van der Waals surface area contributed by atoms with Crippen molar-refractivity contribution in [1.29, 1.82) is 0 Å². The molecule has 0 amide bonds. The van der Waals surface area contributed by atoms with Gasteiger partial charge in [0.25, 0.3) is 0 Å². The lowest BCUT2D eigenvalue weighted by atomic mass is 10.1. The highest BCUT2D eigenvalue weighted by Gasteiger charge is 2.20. The van der Waals surface area contributed by atoms with Crippen LogP contribution in [-0.4, -0.2) is 10.9 Å². The Labute approximate surface area is 129 Å². The summed E-state index contributed by atoms with van der Waals surface area (Å²) < 4.78 is 27.6.